The number of nitrogens with zero attached hydrogens (tertiary/aromatic N) is 2. The molecule has 166 valence electrons. The molecular weight excluding hydrogens is 436 g/mol. The average molecular weight is 463 g/mol. The van der Waals surface area contributed by atoms with Crippen molar-refractivity contribution >= 4 is 39.3 Å². The molecule has 31 heavy (non-hydrogen) atoms. The molecule has 10 heteroatoms. The Morgan fingerprint density at radius 1 is 1.19 bits per heavy atom. The highest BCUT2D eigenvalue weighted by Crippen LogP contribution is 2.41. The number of rotatable bonds is 3. The van der Waals surface area contributed by atoms with Gasteiger partial charge in [-0.25, -0.2) is 14.0 Å². The van der Waals surface area contributed by atoms with Crippen molar-refractivity contribution in [1.29, 1.82) is 0 Å². The Balaban J connectivity index is 1.47. The Kier molecular flexibility index (Phi) is 4.55. The largest absolute Gasteiger partial charge is 0.383 e. The van der Waals surface area contributed by atoms with E-state index in [4.69, 9.17) is 0 Å². The van der Waals surface area contributed by atoms with Gasteiger partial charge in [0.1, 0.15) is 14.8 Å². The molecule has 2 aromatic rings. The van der Waals surface area contributed by atoms with Crippen molar-refractivity contribution in [3.05, 3.63) is 39.0 Å². The first-order valence-electron chi connectivity index (χ1n) is 10.5. The van der Waals surface area contributed by atoms with Gasteiger partial charge in [0.25, 0.3) is 5.91 Å². The van der Waals surface area contributed by atoms with E-state index in [2.05, 4.69) is 21.1 Å². The van der Waals surface area contributed by atoms with E-state index in [0.29, 0.717) is 5.01 Å². The van der Waals surface area contributed by atoms with E-state index in [9.17, 15) is 18.9 Å². The molecule has 2 heterocycles. The van der Waals surface area contributed by atoms with Crippen LogP contribution in [0.4, 0.5) is 10.5 Å². The molecule has 3 N–H and O–H groups in total. The van der Waals surface area contributed by atoms with Gasteiger partial charge in [-0.2, -0.15) is 0 Å². The van der Waals surface area contributed by atoms with Crippen LogP contribution in [0.25, 0.3) is 0 Å². The number of urea groups is 1. The summed E-state index contributed by atoms with van der Waals surface area (Å²) >= 11 is 1.00. The van der Waals surface area contributed by atoms with Crippen molar-refractivity contribution in [2.45, 2.75) is 62.2 Å². The Bertz CT molecular complexity index is 1150. The van der Waals surface area contributed by atoms with Crippen molar-refractivity contribution in [2.24, 2.45) is 0 Å². The zero-order valence-electron chi connectivity index (χ0n) is 17.7. The smallest absolute Gasteiger partial charge is 0.331 e. The molecule has 1 aromatic heterocycles. The highest BCUT2D eigenvalue weighted by Gasteiger charge is 2.45. The maximum absolute atomic E-state index is 13.8. The summed E-state index contributed by atoms with van der Waals surface area (Å²) in [4.78, 5) is 29.9. The second-order valence-corrected chi connectivity index (χ2v) is 12.7. The highest BCUT2D eigenvalue weighted by molar-refractivity contribution is 8.02. The summed E-state index contributed by atoms with van der Waals surface area (Å²) in [6, 6.07) is 1.68. The average Bonchev–Trinajstić information content (AvgIpc) is 3.45. The zero-order valence-corrected chi connectivity index (χ0v) is 19.5. The van der Waals surface area contributed by atoms with Crippen LogP contribution in [0.15, 0.2) is 10.3 Å². The number of anilines is 1. The normalized spacial score (nSPS) is 19.7. The van der Waals surface area contributed by atoms with Crippen molar-refractivity contribution < 1.29 is 18.9 Å². The van der Waals surface area contributed by atoms with Crippen LogP contribution in [-0.4, -0.2) is 37.6 Å². The first-order valence-corrected chi connectivity index (χ1v) is 13.0. The van der Waals surface area contributed by atoms with E-state index in [1.165, 1.54) is 29.3 Å². The lowest BCUT2D eigenvalue weighted by atomic mass is 9.99. The number of hydrogen-bond donors (Lipinski definition) is 4. The summed E-state index contributed by atoms with van der Waals surface area (Å²) in [6.45, 7) is 3.10. The number of aryl methyl sites for hydroxylation is 2. The van der Waals surface area contributed by atoms with Gasteiger partial charge in [-0.3, -0.25) is 13.8 Å². The number of fused-ring (bicyclic) bond motifs is 3. The summed E-state index contributed by atoms with van der Waals surface area (Å²) in [6.07, 6.45) is 5.99. The third-order valence-corrected chi connectivity index (χ3v) is 10.8. The summed E-state index contributed by atoms with van der Waals surface area (Å²) in [5, 5.41) is 13.5. The van der Waals surface area contributed by atoms with Crippen molar-refractivity contribution in [3.63, 3.8) is 0 Å². The van der Waals surface area contributed by atoms with Crippen LogP contribution in [0.3, 0.4) is 0 Å². The predicted molar refractivity (Wildman–Crippen MR) is 120 cm³/mol. The molecule has 1 aliphatic heterocycles. The van der Waals surface area contributed by atoms with Gasteiger partial charge in [0.05, 0.1) is 10.3 Å². The Morgan fingerprint density at radius 2 is 1.81 bits per heavy atom. The fraction of sp³-hybridized carbons (Fsp3) is 0.476. The molecule has 3 aliphatic rings. The highest BCUT2D eigenvalue weighted by atomic mass is 32.3. The third-order valence-electron chi connectivity index (χ3n) is 6.29. The second-order valence-electron chi connectivity index (χ2n) is 8.94. The molecule has 0 spiro atoms. The number of amides is 3. The van der Waals surface area contributed by atoms with E-state index in [1.807, 2.05) is 0 Å². The number of benzene rings is 1. The molecule has 0 fully saturated rings. The van der Waals surface area contributed by atoms with Crippen LogP contribution >= 0.6 is 11.3 Å². The number of carbonyl (C=O) groups is 2. The topological polar surface area (TPSA) is 112 Å². The molecule has 0 saturated carbocycles. The van der Waals surface area contributed by atoms with Gasteiger partial charge in [-0.15, -0.1) is 11.3 Å². The fourth-order valence-corrected chi connectivity index (χ4v) is 8.40. The van der Waals surface area contributed by atoms with E-state index < -0.39 is 27.8 Å². The van der Waals surface area contributed by atoms with E-state index >= 15 is 0 Å². The summed E-state index contributed by atoms with van der Waals surface area (Å²) in [5.74, 6) is -0.521. The summed E-state index contributed by atoms with van der Waals surface area (Å²) in [7, 11) is -2.32. The van der Waals surface area contributed by atoms with Crippen molar-refractivity contribution in [2.75, 3.05) is 12.4 Å². The molecule has 3 amide bonds. The van der Waals surface area contributed by atoms with Crippen LogP contribution in [0.5, 0.6) is 0 Å². The van der Waals surface area contributed by atoms with Gasteiger partial charge in [-0.1, -0.05) is 6.07 Å². The first kappa shape index (κ1) is 20.6. The SMILES string of the molecule is CN1C(=O)c2nc(C(C)(C)O)sc2[SH]1(=O)NC(=O)Nc1c2c(cc3c1CCC3)CCC2. The van der Waals surface area contributed by atoms with E-state index in [0.717, 1.165) is 59.9 Å². The van der Waals surface area contributed by atoms with Gasteiger partial charge in [0.15, 0.2) is 5.69 Å². The van der Waals surface area contributed by atoms with Gasteiger partial charge in [-0.05, 0) is 74.6 Å². The van der Waals surface area contributed by atoms with Gasteiger partial charge in [0.2, 0.25) is 0 Å². The minimum absolute atomic E-state index is 0.0368. The Labute approximate surface area is 185 Å². The molecule has 0 bridgehead atoms. The number of thiazole rings is 1. The third kappa shape index (κ3) is 3.11. The van der Waals surface area contributed by atoms with Crippen molar-refractivity contribution in [1.82, 2.24) is 14.0 Å². The summed E-state index contributed by atoms with van der Waals surface area (Å²) < 4.78 is 17.7. The lowest BCUT2D eigenvalue weighted by Gasteiger charge is -2.28. The maximum Gasteiger partial charge on any atom is 0.331 e. The van der Waals surface area contributed by atoms with Crippen LogP contribution < -0.4 is 10.0 Å². The minimum Gasteiger partial charge on any atom is -0.383 e. The van der Waals surface area contributed by atoms with E-state index in [-0.39, 0.29) is 9.90 Å². The zero-order chi connectivity index (χ0) is 22.1. The molecule has 0 saturated heterocycles. The van der Waals surface area contributed by atoms with Crippen LogP contribution in [-0.2, 0) is 41.6 Å². The number of nitrogens with one attached hydrogen (secondary N) is 2. The molecule has 0 unspecified atom stereocenters. The maximum atomic E-state index is 13.8. The van der Waals surface area contributed by atoms with Crippen LogP contribution in [0.2, 0.25) is 0 Å². The molecule has 8 nitrogen and oxygen atoms in total. The van der Waals surface area contributed by atoms with Gasteiger partial charge in [0, 0.05) is 12.7 Å². The van der Waals surface area contributed by atoms with Gasteiger partial charge >= 0.3 is 6.03 Å². The van der Waals surface area contributed by atoms with Crippen molar-refractivity contribution in [3.8, 4) is 0 Å². The standard InChI is InChI=1S/C21H26N4O4S2/c1-21(2,28)19-22-16-17(26)25(3)31(29,18(16)30-19)24-20(27)23-15-13-8-4-6-11(13)10-12-7-5-9-14(12)15/h10,28,31H,4-9H2,1-3H3,(H2,23,24,27,29). The predicted octanol–water partition coefficient (Wildman–Crippen LogP) is 2.46. The number of hydrogen-bond acceptors (Lipinski definition) is 6. The quantitative estimate of drug-likeness (QED) is 0.524. The minimum atomic E-state index is -3.72. The molecule has 1 aromatic carbocycles. The fourth-order valence-electron chi connectivity index (χ4n) is 4.71. The second kappa shape index (κ2) is 6.85. The lowest BCUT2D eigenvalue weighted by Crippen LogP contribution is -2.47. The van der Waals surface area contributed by atoms with Gasteiger partial charge < -0.3 is 10.4 Å². The Morgan fingerprint density at radius 3 is 2.39 bits per heavy atom. The number of thiol groups is 1. The monoisotopic (exact) mass is 462 g/mol. The summed E-state index contributed by atoms with van der Waals surface area (Å²) in [5.41, 5.74) is 4.54. The Hall–Kier alpha value is -2.30. The van der Waals surface area contributed by atoms with E-state index in [1.54, 1.807) is 13.8 Å². The number of aliphatic hydroxyl groups is 1. The molecule has 0 radical (unpaired) electrons. The van der Waals surface area contributed by atoms with Crippen LogP contribution in [0, 0.1) is 0 Å². The molecule has 5 rings (SSSR count). The molecule has 0 atom stereocenters. The first-order chi connectivity index (χ1) is 14.6. The van der Waals surface area contributed by atoms with Crippen LogP contribution in [0.1, 0.15) is 64.4 Å². The lowest BCUT2D eigenvalue weighted by molar-refractivity contribution is 0.0776. The molecule has 2 aliphatic carbocycles. The number of aromatic nitrogens is 1. The number of carbonyl (C=O) groups excluding carboxylic acids is 2. The molecular formula is C21H26N4O4S2.